The van der Waals surface area contributed by atoms with Gasteiger partial charge >= 0.3 is 0 Å². The average Bonchev–Trinajstić information content (AvgIpc) is 3.16. The van der Waals surface area contributed by atoms with Crippen LogP contribution in [0.3, 0.4) is 0 Å². The van der Waals surface area contributed by atoms with Crippen molar-refractivity contribution in [2.45, 2.75) is 30.2 Å². The second kappa shape index (κ2) is 7.74. The van der Waals surface area contributed by atoms with Gasteiger partial charge in [0.05, 0.1) is 5.25 Å². The van der Waals surface area contributed by atoms with Crippen LogP contribution in [0.25, 0.3) is 11.5 Å². The number of hydrogen-bond donors (Lipinski definition) is 0. The van der Waals surface area contributed by atoms with Crippen LogP contribution in [-0.2, 0) is 11.2 Å². The minimum Gasteiger partial charge on any atom is -0.411 e. The van der Waals surface area contributed by atoms with Crippen molar-refractivity contribution in [1.29, 1.82) is 0 Å². The molecule has 1 atom stereocenters. The van der Waals surface area contributed by atoms with Crippen LogP contribution in [0, 0.1) is 0 Å². The molecule has 0 saturated heterocycles. The van der Waals surface area contributed by atoms with Crippen LogP contribution in [0.15, 0.2) is 58.2 Å². The lowest BCUT2D eigenvalue weighted by Gasteiger charge is -2.31. The zero-order valence-corrected chi connectivity index (χ0v) is 16.3. The predicted molar refractivity (Wildman–Crippen MR) is 107 cm³/mol. The Bertz CT molecular complexity index is 958. The summed E-state index contributed by atoms with van der Waals surface area (Å²) >= 11 is 7.19. The number of thioether (sulfide) groups is 1. The molecule has 4 rings (SSSR count). The van der Waals surface area contributed by atoms with Crippen molar-refractivity contribution < 1.29 is 9.21 Å². The molecule has 1 amide bonds. The molecule has 2 aromatic carbocycles. The Balaban J connectivity index is 1.47. The van der Waals surface area contributed by atoms with Gasteiger partial charge in [0.15, 0.2) is 0 Å². The summed E-state index contributed by atoms with van der Waals surface area (Å²) in [6, 6.07) is 15.3. The molecule has 27 heavy (non-hydrogen) atoms. The second-order valence-electron chi connectivity index (χ2n) is 6.36. The van der Waals surface area contributed by atoms with Crippen LogP contribution in [0.2, 0.25) is 5.02 Å². The highest BCUT2D eigenvalue weighted by Gasteiger charge is 2.28. The molecule has 2 heterocycles. The summed E-state index contributed by atoms with van der Waals surface area (Å²) in [5, 5.41) is 8.84. The van der Waals surface area contributed by atoms with Gasteiger partial charge in [-0.2, -0.15) is 0 Å². The lowest BCUT2D eigenvalue weighted by atomic mass is 10.0. The number of rotatable bonds is 4. The van der Waals surface area contributed by atoms with E-state index in [0.29, 0.717) is 16.1 Å². The Morgan fingerprint density at radius 1 is 1.19 bits per heavy atom. The standard InChI is InChI=1S/C20H18ClN3O2S/c1-13(19(25)24-12-4-6-14-5-2-3-7-17(14)24)27-20-23-22-18(26-20)15-8-10-16(21)11-9-15/h2-3,5,7-11,13H,4,6,12H2,1H3. The van der Waals surface area contributed by atoms with Gasteiger partial charge in [-0.25, -0.2) is 0 Å². The van der Waals surface area contributed by atoms with Crippen LogP contribution in [0.5, 0.6) is 0 Å². The zero-order valence-electron chi connectivity index (χ0n) is 14.8. The summed E-state index contributed by atoms with van der Waals surface area (Å²) in [5.74, 6) is 0.468. The number of amides is 1. The fraction of sp³-hybridized carbons (Fsp3) is 0.250. The van der Waals surface area contributed by atoms with Crippen LogP contribution < -0.4 is 4.90 Å². The third-order valence-corrected chi connectivity index (χ3v) is 5.67. The first kappa shape index (κ1) is 18.1. The van der Waals surface area contributed by atoms with Crippen molar-refractivity contribution in [3.8, 4) is 11.5 Å². The highest BCUT2D eigenvalue weighted by Crippen LogP contribution is 2.31. The first-order valence-corrected chi connectivity index (χ1v) is 10.0. The fourth-order valence-corrected chi connectivity index (χ4v) is 4.02. The van der Waals surface area contributed by atoms with Gasteiger partial charge in [-0.1, -0.05) is 41.6 Å². The average molecular weight is 400 g/mol. The first-order chi connectivity index (χ1) is 13.1. The predicted octanol–water partition coefficient (Wildman–Crippen LogP) is 4.85. The van der Waals surface area contributed by atoms with Crippen molar-refractivity contribution >= 4 is 35.0 Å². The maximum Gasteiger partial charge on any atom is 0.277 e. The molecule has 0 aliphatic carbocycles. The summed E-state index contributed by atoms with van der Waals surface area (Å²) in [7, 11) is 0. The first-order valence-electron chi connectivity index (χ1n) is 8.77. The summed E-state index contributed by atoms with van der Waals surface area (Å²) in [6.45, 7) is 2.61. The molecule has 0 bridgehead atoms. The third-order valence-electron chi connectivity index (χ3n) is 4.50. The van der Waals surface area contributed by atoms with Crippen molar-refractivity contribution in [2.24, 2.45) is 0 Å². The minimum absolute atomic E-state index is 0.0541. The van der Waals surface area contributed by atoms with Crippen LogP contribution >= 0.6 is 23.4 Å². The van der Waals surface area contributed by atoms with Gasteiger partial charge in [0, 0.05) is 22.8 Å². The lowest BCUT2D eigenvalue weighted by Crippen LogP contribution is -2.40. The molecular formula is C20H18ClN3O2S. The van der Waals surface area contributed by atoms with E-state index in [1.807, 2.05) is 42.2 Å². The SMILES string of the molecule is CC(Sc1nnc(-c2ccc(Cl)cc2)o1)C(=O)N1CCCc2ccccc21. The number of anilines is 1. The Kier molecular flexibility index (Phi) is 5.18. The molecular weight excluding hydrogens is 382 g/mol. The molecule has 0 N–H and O–H groups in total. The number of hydrogen-bond acceptors (Lipinski definition) is 5. The van der Waals surface area contributed by atoms with E-state index in [4.69, 9.17) is 16.0 Å². The van der Waals surface area contributed by atoms with Gasteiger partial charge in [0.1, 0.15) is 0 Å². The van der Waals surface area contributed by atoms with E-state index in [1.165, 1.54) is 17.3 Å². The second-order valence-corrected chi connectivity index (χ2v) is 8.09. The summed E-state index contributed by atoms with van der Waals surface area (Å²) in [4.78, 5) is 14.8. The molecule has 1 aliphatic heterocycles. The number of halogens is 1. The number of carbonyl (C=O) groups excluding carboxylic acids is 1. The maximum absolute atomic E-state index is 13.0. The van der Waals surface area contributed by atoms with Gasteiger partial charge in [0.25, 0.3) is 5.22 Å². The number of carbonyl (C=O) groups is 1. The Morgan fingerprint density at radius 2 is 1.96 bits per heavy atom. The van der Waals surface area contributed by atoms with Gasteiger partial charge in [-0.15, -0.1) is 10.2 Å². The van der Waals surface area contributed by atoms with Crippen LogP contribution in [0.1, 0.15) is 18.9 Å². The number of aryl methyl sites for hydroxylation is 1. The number of benzene rings is 2. The van der Waals surface area contributed by atoms with E-state index in [0.717, 1.165) is 30.6 Å². The third kappa shape index (κ3) is 3.87. The van der Waals surface area contributed by atoms with Gasteiger partial charge < -0.3 is 9.32 Å². The fourth-order valence-electron chi connectivity index (χ4n) is 3.15. The molecule has 0 fully saturated rings. The molecule has 3 aromatic rings. The van der Waals surface area contributed by atoms with Crippen LogP contribution in [0.4, 0.5) is 5.69 Å². The largest absolute Gasteiger partial charge is 0.411 e. The van der Waals surface area contributed by atoms with Crippen molar-refractivity contribution in [2.75, 3.05) is 11.4 Å². The Morgan fingerprint density at radius 3 is 2.78 bits per heavy atom. The molecule has 7 heteroatoms. The number of fused-ring (bicyclic) bond motifs is 1. The quantitative estimate of drug-likeness (QED) is 0.587. The van der Waals surface area contributed by atoms with E-state index < -0.39 is 0 Å². The minimum atomic E-state index is -0.324. The van der Waals surface area contributed by atoms with Crippen molar-refractivity contribution in [3.05, 3.63) is 59.1 Å². The molecule has 0 saturated carbocycles. The van der Waals surface area contributed by atoms with Crippen molar-refractivity contribution in [1.82, 2.24) is 10.2 Å². The lowest BCUT2D eigenvalue weighted by molar-refractivity contribution is -0.117. The Hall–Kier alpha value is -2.31. The van der Waals surface area contributed by atoms with E-state index in [9.17, 15) is 4.79 Å². The molecule has 1 aromatic heterocycles. The molecule has 0 spiro atoms. The highest BCUT2D eigenvalue weighted by molar-refractivity contribution is 8.00. The number of para-hydroxylation sites is 1. The van der Waals surface area contributed by atoms with Crippen molar-refractivity contribution in [3.63, 3.8) is 0 Å². The molecule has 1 unspecified atom stereocenters. The van der Waals surface area contributed by atoms with E-state index in [2.05, 4.69) is 16.3 Å². The smallest absolute Gasteiger partial charge is 0.277 e. The normalized spacial score (nSPS) is 14.7. The van der Waals surface area contributed by atoms with E-state index in [1.54, 1.807) is 12.1 Å². The van der Waals surface area contributed by atoms with E-state index >= 15 is 0 Å². The summed E-state index contributed by atoms with van der Waals surface area (Å²) in [6.07, 6.45) is 1.98. The van der Waals surface area contributed by atoms with Gasteiger partial charge in [0.2, 0.25) is 11.8 Å². The van der Waals surface area contributed by atoms with Gasteiger partial charge in [-0.05, 0) is 55.7 Å². The topological polar surface area (TPSA) is 59.2 Å². The zero-order chi connectivity index (χ0) is 18.8. The van der Waals surface area contributed by atoms with Gasteiger partial charge in [-0.3, -0.25) is 4.79 Å². The maximum atomic E-state index is 13.0. The summed E-state index contributed by atoms with van der Waals surface area (Å²) in [5.41, 5.74) is 3.02. The molecule has 5 nitrogen and oxygen atoms in total. The number of nitrogens with zero attached hydrogens (tertiary/aromatic N) is 3. The Labute approximate surface area is 166 Å². The van der Waals surface area contributed by atoms with Crippen LogP contribution in [-0.4, -0.2) is 27.9 Å². The van der Waals surface area contributed by atoms with E-state index in [-0.39, 0.29) is 11.2 Å². The summed E-state index contributed by atoms with van der Waals surface area (Å²) < 4.78 is 5.71. The molecule has 138 valence electrons. The molecule has 1 aliphatic rings. The highest BCUT2D eigenvalue weighted by atomic mass is 35.5. The number of aromatic nitrogens is 2. The monoisotopic (exact) mass is 399 g/mol. The molecule has 0 radical (unpaired) electrons.